The average molecular weight is 359 g/mol. The number of para-hydroxylation sites is 2. The van der Waals surface area contributed by atoms with Gasteiger partial charge < -0.3 is 10.3 Å². The van der Waals surface area contributed by atoms with E-state index in [0.717, 1.165) is 33.9 Å². The van der Waals surface area contributed by atoms with E-state index in [9.17, 15) is 4.79 Å². The van der Waals surface area contributed by atoms with Gasteiger partial charge in [-0.2, -0.15) is 5.10 Å². The van der Waals surface area contributed by atoms with Gasteiger partial charge in [-0.1, -0.05) is 12.1 Å². The maximum Gasteiger partial charge on any atom is 0.251 e. The minimum absolute atomic E-state index is 0.0916. The SMILES string of the molecule is Cc1cc(C)n(-c2ccc(C(=O)NCCc3nc4ccccc4[nH]3)cc2)n1. The number of nitrogens with one attached hydrogen (secondary N) is 2. The number of hydrogen-bond acceptors (Lipinski definition) is 3. The van der Waals surface area contributed by atoms with Crippen LogP contribution in [0, 0.1) is 13.8 Å². The number of aromatic nitrogens is 4. The molecular weight excluding hydrogens is 338 g/mol. The molecule has 0 bridgehead atoms. The number of nitrogens with zero attached hydrogens (tertiary/aromatic N) is 3. The van der Waals surface area contributed by atoms with Crippen LogP contribution < -0.4 is 5.32 Å². The molecule has 2 aromatic heterocycles. The molecule has 0 unspecified atom stereocenters. The number of carbonyl (C=O) groups excluding carboxylic acids is 1. The summed E-state index contributed by atoms with van der Waals surface area (Å²) in [5.41, 5.74) is 5.57. The zero-order chi connectivity index (χ0) is 18.8. The summed E-state index contributed by atoms with van der Waals surface area (Å²) in [6.07, 6.45) is 0.657. The molecule has 2 N–H and O–H groups in total. The van der Waals surface area contributed by atoms with Crippen molar-refractivity contribution in [2.75, 3.05) is 6.54 Å². The van der Waals surface area contributed by atoms with Crippen LogP contribution in [-0.2, 0) is 6.42 Å². The van der Waals surface area contributed by atoms with Crippen LogP contribution in [0.25, 0.3) is 16.7 Å². The van der Waals surface area contributed by atoms with Crippen LogP contribution in [0.15, 0.2) is 54.6 Å². The Morgan fingerprint density at radius 1 is 1.11 bits per heavy atom. The van der Waals surface area contributed by atoms with Crippen LogP contribution in [0.2, 0.25) is 0 Å². The molecule has 2 aromatic carbocycles. The molecule has 0 radical (unpaired) electrons. The fourth-order valence-electron chi connectivity index (χ4n) is 3.16. The maximum atomic E-state index is 12.4. The monoisotopic (exact) mass is 359 g/mol. The minimum Gasteiger partial charge on any atom is -0.352 e. The highest BCUT2D eigenvalue weighted by Gasteiger charge is 2.08. The van der Waals surface area contributed by atoms with Crippen molar-refractivity contribution >= 4 is 16.9 Å². The second-order valence-corrected chi connectivity index (χ2v) is 6.59. The van der Waals surface area contributed by atoms with Crippen molar-refractivity contribution in [2.24, 2.45) is 0 Å². The van der Waals surface area contributed by atoms with Gasteiger partial charge in [-0.05, 0) is 56.3 Å². The molecule has 6 nitrogen and oxygen atoms in total. The van der Waals surface area contributed by atoms with Crippen LogP contribution in [-0.4, -0.2) is 32.2 Å². The number of imidazole rings is 1. The number of hydrogen-bond donors (Lipinski definition) is 2. The average Bonchev–Trinajstić information content (AvgIpc) is 3.23. The number of aryl methyl sites for hydroxylation is 2. The molecule has 27 heavy (non-hydrogen) atoms. The van der Waals surface area contributed by atoms with Gasteiger partial charge in [0.25, 0.3) is 5.91 Å². The first-order valence-electron chi connectivity index (χ1n) is 8.96. The van der Waals surface area contributed by atoms with E-state index in [1.807, 2.05) is 73.1 Å². The number of amides is 1. The van der Waals surface area contributed by atoms with Crippen LogP contribution in [0.4, 0.5) is 0 Å². The lowest BCUT2D eigenvalue weighted by atomic mass is 10.2. The van der Waals surface area contributed by atoms with E-state index in [1.165, 1.54) is 0 Å². The number of H-pyrrole nitrogens is 1. The third kappa shape index (κ3) is 3.60. The zero-order valence-electron chi connectivity index (χ0n) is 15.4. The first kappa shape index (κ1) is 17.0. The molecule has 6 heteroatoms. The van der Waals surface area contributed by atoms with Crippen LogP contribution in [0.3, 0.4) is 0 Å². The Balaban J connectivity index is 1.37. The molecule has 0 fully saturated rings. The molecule has 0 saturated heterocycles. The third-order valence-corrected chi connectivity index (χ3v) is 4.47. The molecule has 0 spiro atoms. The predicted molar refractivity (Wildman–Crippen MR) is 105 cm³/mol. The molecule has 136 valence electrons. The van der Waals surface area contributed by atoms with Crippen molar-refractivity contribution in [2.45, 2.75) is 20.3 Å². The topological polar surface area (TPSA) is 75.6 Å². The second-order valence-electron chi connectivity index (χ2n) is 6.59. The molecule has 0 saturated carbocycles. The lowest BCUT2D eigenvalue weighted by Gasteiger charge is -2.07. The molecule has 4 aromatic rings. The highest BCUT2D eigenvalue weighted by Crippen LogP contribution is 2.13. The molecule has 0 aliphatic carbocycles. The van der Waals surface area contributed by atoms with Gasteiger partial charge >= 0.3 is 0 Å². The first-order chi connectivity index (χ1) is 13.1. The molecular formula is C21H21N5O. The number of carbonyl (C=O) groups is 1. The predicted octanol–water partition coefficient (Wildman–Crippen LogP) is 3.34. The van der Waals surface area contributed by atoms with E-state index in [0.29, 0.717) is 18.5 Å². The maximum absolute atomic E-state index is 12.4. The van der Waals surface area contributed by atoms with E-state index < -0.39 is 0 Å². The van der Waals surface area contributed by atoms with Crippen molar-refractivity contribution in [3.05, 3.63) is 77.4 Å². The largest absolute Gasteiger partial charge is 0.352 e. The lowest BCUT2D eigenvalue weighted by Crippen LogP contribution is -2.25. The minimum atomic E-state index is -0.0916. The van der Waals surface area contributed by atoms with Gasteiger partial charge in [0.05, 0.1) is 22.4 Å². The number of fused-ring (bicyclic) bond motifs is 1. The van der Waals surface area contributed by atoms with Gasteiger partial charge in [-0.25, -0.2) is 9.67 Å². The summed E-state index contributed by atoms with van der Waals surface area (Å²) >= 11 is 0. The Hall–Kier alpha value is -3.41. The van der Waals surface area contributed by atoms with Gasteiger partial charge in [0.1, 0.15) is 5.82 Å². The number of rotatable bonds is 5. The summed E-state index contributed by atoms with van der Waals surface area (Å²) in [6.45, 7) is 4.50. The molecule has 0 aliphatic rings. The van der Waals surface area contributed by atoms with E-state index in [4.69, 9.17) is 0 Å². The Morgan fingerprint density at radius 3 is 2.59 bits per heavy atom. The molecule has 1 amide bonds. The molecule has 2 heterocycles. The van der Waals surface area contributed by atoms with Gasteiger partial charge in [0.15, 0.2) is 0 Å². The van der Waals surface area contributed by atoms with Crippen molar-refractivity contribution in [1.82, 2.24) is 25.1 Å². The van der Waals surface area contributed by atoms with E-state index >= 15 is 0 Å². The van der Waals surface area contributed by atoms with Crippen LogP contribution in [0.5, 0.6) is 0 Å². The summed E-state index contributed by atoms with van der Waals surface area (Å²) in [5, 5.41) is 7.41. The van der Waals surface area contributed by atoms with Crippen LogP contribution >= 0.6 is 0 Å². The third-order valence-electron chi connectivity index (χ3n) is 4.47. The van der Waals surface area contributed by atoms with Gasteiger partial charge in [-0.15, -0.1) is 0 Å². The first-order valence-corrected chi connectivity index (χ1v) is 8.96. The Kier molecular flexibility index (Phi) is 4.46. The van der Waals surface area contributed by atoms with E-state index in [-0.39, 0.29) is 5.91 Å². The smallest absolute Gasteiger partial charge is 0.251 e. The molecule has 0 atom stereocenters. The van der Waals surface area contributed by atoms with E-state index in [1.54, 1.807) is 0 Å². The van der Waals surface area contributed by atoms with Gasteiger partial charge in [-0.3, -0.25) is 4.79 Å². The summed E-state index contributed by atoms with van der Waals surface area (Å²) in [6, 6.07) is 17.4. The summed E-state index contributed by atoms with van der Waals surface area (Å²) in [4.78, 5) is 20.2. The number of aromatic amines is 1. The fraction of sp³-hybridized carbons (Fsp3) is 0.190. The molecule has 4 rings (SSSR count). The summed E-state index contributed by atoms with van der Waals surface area (Å²) < 4.78 is 1.87. The zero-order valence-corrected chi connectivity index (χ0v) is 15.4. The summed E-state index contributed by atoms with van der Waals surface area (Å²) in [7, 11) is 0. The van der Waals surface area contributed by atoms with Gasteiger partial charge in [0, 0.05) is 24.2 Å². The van der Waals surface area contributed by atoms with Crippen molar-refractivity contribution in [3.8, 4) is 5.69 Å². The lowest BCUT2D eigenvalue weighted by molar-refractivity contribution is 0.0954. The number of benzene rings is 2. The van der Waals surface area contributed by atoms with Crippen LogP contribution in [0.1, 0.15) is 27.6 Å². The van der Waals surface area contributed by atoms with Crippen molar-refractivity contribution in [3.63, 3.8) is 0 Å². The molecule has 0 aliphatic heterocycles. The van der Waals surface area contributed by atoms with E-state index in [2.05, 4.69) is 20.4 Å². The highest BCUT2D eigenvalue weighted by atomic mass is 16.1. The Bertz CT molecular complexity index is 1060. The normalized spacial score (nSPS) is 11.0. The highest BCUT2D eigenvalue weighted by molar-refractivity contribution is 5.94. The van der Waals surface area contributed by atoms with Crippen molar-refractivity contribution in [1.29, 1.82) is 0 Å². The Morgan fingerprint density at radius 2 is 1.89 bits per heavy atom. The van der Waals surface area contributed by atoms with Gasteiger partial charge in [0.2, 0.25) is 0 Å². The quantitative estimate of drug-likeness (QED) is 0.574. The second kappa shape index (κ2) is 7.07. The Labute approximate surface area is 157 Å². The van der Waals surface area contributed by atoms with Crippen molar-refractivity contribution < 1.29 is 4.79 Å². The fourth-order valence-corrected chi connectivity index (χ4v) is 3.16. The summed E-state index contributed by atoms with van der Waals surface area (Å²) in [5.74, 6) is 0.780. The standard InChI is InChI=1S/C21H21N5O/c1-14-13-15(2)26(25-14)17-9-7-16(8-10-17)21(27)22-12-11-20-23-18-5-3-4-6-19(18)24-20/h3-10,13H,11-12H2,1-2H3,(H,22,27)(H,23,24).